The van der Waals surface area contributed by atoms with Crippen molar-refractivity contribution >= 4 is 5.70 Å². The summed E-state index contributed by atoms with van der Waals surface area (Å²) < 4.78 is 32.5. The lowest BCUT2D eigenvalue weighted by atomic mass is 10.0. The topological polar surface area (TPSA) is 63.6 Å². The van der Waals surface area contributed by atoms with Gasteiger partial charge in [-0.25, -0.2) is 8.78 Å². The first kappa shape index (κ1) is 19.1. The number of nitrogens with zero attached hydrogens (tertiary/aromatic N) is 4. The van der Waals surface area contributed by atoms with Gasteiger partial charge in [0.2, 0.25) is 5.82 Å². The molecule has 134 valence electrons. The molecule has 0 aliphatic heterocycles. The van der Waals surface area contributed by atoms with Gasteiger partial charge in [-0.05, 0) is 43.2 Å². The van der Waals surface area contributed by atoms with Crippen molar-refractivity contribution in [3.05, 3.63) is 77.8 Å². The highest BCUT2D eigenvalue weighted by atomic mass is 19.1. The number of halogens is 2. The molecule has 0 fully saturated rings. The van der Waals surface area contributed by atoms with Crippen LogP contribution in [0.3, 0.4) is 0 Å². The van der Waals surface area contributed by atoms with Crippen LogP contribution in [0, 0.1) is 11.6 Å². The minimum absolute atomic E-state index is 0.0474. The minimum Gasteiger partial charge on any atom is -0.332 e. The maximum absolute atomic E-state index is 13.9. The van der Waals surface area contributed by atoms with Crippen molar-refractivity contribution in [2.45, 2.75) is 13.8 Å². The monoisotopic (exact) mass is 356 g/mol. The van der Waals surface area contributed by atoms with Crippen LogP contribution in [0.5, 0.6) is 0 Å². The largest absolute Gasteiger partial charge is 0.332 e. The molecule has 2 aromatic rings. The fourth-order valence-electron chi connectivity index (χ4n) is 2.22. The van der Waals surface area contributed by atoms with Crippen molar-refractivity contribution in [2.24, 2.45) is 10.2 Å². The molecule has 0 aliphatic rings. The molecule has 0 unspecified atom stereocenters. The van der Waals surface area contributed by atoms with Crippen LogP contribution in [0.1, 0.15) is 19.7 Å². The first-order valence-corrected chi connectivity index (χ1v) is 7.77. The molecule has 1 aromatic heterocycles. The smallest absolute Gasteiger partial charge is 0.279 e. The van der Waals surface area contributed by atoms with Gasteiger partial charge in [0.05, 0.1) is 5.56 Å². The van der Waals surface area contributed by atoms with Crippen molar-refractivity contribution < 1.29 is 13.3 Å². The molecule has 0 saturated carbocycles. The first-order valence-electron chi connectivity index (χ1n) is 7.77. The number of benzene rings is 1. The van der Waals surface area contributed by atoms with Gasteiger partial charge in [-0.15, -0.1) is 0 Å². The zero-order valence-corrected chi connectivity index (χ0v) is 14.7. The molecular weight excluding hydrogens is 338 g/mol. The third-order valence-electron chi connectivity index (χ3n) is 3.43. The summed E-state index contributed by atoms with van der Waals surface area (Å²) in [6.45, 7) is 7.38. The Morgan fingerprint density at radius 1 is 1.31 bits per heavy atom. The van der Waals surface area contributed by atoms with Gasteiger partial charge in [-0.1, -0.05) is 36.0 Å². The normalized spacial score (nSPS) is 13.5. The first-order chi connectivity index (χ1) is 12.5. The van der Waals surface area contributed by atoms with E-state index in [1.54, 1.807) is 12.2 Å². The summed E-state index contributed by atoms with van der Waals surface area (Å²) in [4.78, 5) is 4.15. The van der Waals surface area contributed by atoms with E-state index in [-0.39, 0.29) is 17.3 Å². The summed E-state index contributed by atoms with van der Waals surface area (Å²) in [5, 5.41) is 11.6. The number of rotatable bonds is 6. The van der Waals surface area contributed by atoms with Gasteiger partial charge in [0, 0.05) is 7.05 Å². The molecule has 1 aromatic carbocycles. The molecule has 0 spiro atoms. The maximum Gasteiger partial charge on any atom is 0.279 e. The average molecular weight is 356 g/mol. The highest BCUT2D eigenvalue weighted by Gasteiger charge is 2.19. The number of allylic oxidation sites excluding steroid dienone is 6. The number of hydrogen-bond donors (Lipinski definition) is 0. The standard InChI is InChI=1S/C19H18F2N4O/c1-5-7-13(8-6-2)12(3)17(24-22-4)19-23-18(25-26-19)15-11-14(20)9-10-16(15)21/h5-11H,1H2,2-4H3/b8-6-,13-7+,17-12+,24-22?. The van der Waals surface area contributed by atoms with Gasteiger partial charge in [0.15, 0.2) is 5.70 Å². The fraction of sp³-hybridized carbons (Fsp3) is 0.158. The molecule has 0 radical (unpaired) electrons. The lowest BCUT2D eigenvalue weighted by molar-refractivity contribution is 0.406. The van der Waals surface area contributed by atoms with E-state index in [0.29, 0.717) is 11.3 Å². The van der Waals surface area contributed by atoms with E-state index in [4.69, 9.17) is 4.52 Å². The Morgan fingerprint density at radius 3 is 2.73 bits per heavy atom. The Kier molecular flexibility index (Phi) is 6.43. The fourth-order valence-corrected chi connectivity index (χ4v) is 2.22. The average Bonchev–Trinajstić information content (AvgIpc) is 3.10. The molecule has 0 saturated heterocycles. The Morgan fingerprint density at radius 2 is 2.08 bits per heavy atom. The van der Waals surface area contributed by atoms with Crippen molar-refractivity contribution in [2.75, 3.05) is 7.05 Å². The molecule has 0 N–H and O–H groups in total. The molecular formula is C19H18F2N4O. The van der Waals surface area contributed by atoms with Crippen LogP contribution in [-0.4, -0.2) is 17.2 Å². The van der Waals surface area contributed by atoms with E-state index in [2.05, 4.69) is 26.9 Å². The Labute approximate surface area is 150 Å². The van der Waals surface area contributed by atoms with Crippen molar-refractivity contribution in [3.8, 4) is 11.4 Å². The Balaban J connectivity index is 2.58. The number of azo groups is 1. The molecule has 7 heteroatoms. The molecule has 26 heavy (non-hydrogen) atoms. The van der Waals surface area contributed by atoms with E-state index >= 15 is 0 Å². The second-order valence-electron chi connectivity index (χ2n) is 5.18. The SMILES string of the molecule is C=C/C=C(\C=C/C)C(/C)=C(/N=NC)c1nc(-c2cc(F)ccc2F)no1. The third kappa shape index (κ3) is 4.24. The lowest BCUT2D eigenvalue weighted by Gasteiger charge is -2.04. The summed E-state index contributed by atoms with van der Waals surface area (Å²) in [7, 11) is 1.50. The summed E-state index contributed by atoms with van der Waals surface area (Å²) in [6.07, 6.45) is 7.16. The van der Waals surface area contributed by atoms with E-state index in [1.165, 1.54) is 7.05 Å². The lowest BCUT2D eigenvalue weighted by Crippen LogP contribution is -1.92. The van der Waals surface area contributed by atoms with Gasteiger partial charge < -0.3 is 4.52 Å². The molecule has 0 bridgehead atoms. The predicted molar refractivity (Wildman–Crippen MR) is 96.1 cm³/mol. The van der Waals surface area contributed by atoms with Crippen LogP contribution in [-0.2, 0) is 0 Å². The van der Waals surface area contributed by atoms with Gasteiger partial charge in [-0.2, -0.15) is 15.2 Å². The van der Waals surface area contributed by atoms with Gasteiger partial charge in [0.1, 0.15) is 11.6 Å². The Hall–Kier alpha value is -3.22. The van der Waals surface area contributed by atoms with Crippen LogP contribution in [0.2, 0.25) is 0 Å². The van der Waals surface area contributed by atoms with Crippen molar-refractivity contribution in [1.29, 1.82) is 0 Å². The summed E-state index contributed by atoms with van der Waals surface area (Å²) in [5.74, 6) is -1.28. The van der Waals surface area contributed by atoms with Crippen LogP contribution in [0.15, 0.2) is 75.0 Å². The van der Waals surface area contributed by atoms with Crippen LogP contribution >= 0.6 is 0 Å². The highest BCUT2D eigenvalue weighted by Crippen LogP contribution is 2.28. The van der Waals surface area contributed by atoms with E-state index < -0.39 is 11.6 Å². The molecule has 0 amide bonds. The second kappa shape index (κ2) is 8.75. The molecule has 0 atom stereocenters. The Bertz CT molecular complexity index is 923. The van der Waals surface area contributed by atoms with E-state index in [0.717, 1.165) is 23.8 Å². The van der Waals surface area contributed by atoms with E-state index in [9.17, 15) is 8.78 Å². The predicted octanol–water partition coefficient (Wildman–Crippen LogP) is 5.52. The summed E-state index contributed by atoms with van der Waals surface area (Å²) in [5.41, 5.74) is 1.76. The van der Waals surface area contributed by atoms with Crippen LogP contribution < -0.4 is 0 Å². The number of aromatic nitrogens is 2. The highest BCUT2D eigenvalue weighted by molar-refractivity contribution is 5.68. The van der Waals surface area contributed by atoms with Crippen LogP contribution in [0.25, 0.3) is 17.1 Å². The number of hydrogen-bond acceptors (Lipinski definition) is 5. The zero-order valence-electron chi connectivity index (χ0n) is 14.7. The molecule has 5 nitrogen and oxygen atoms in total. The third-order valence-corrected chi connectivity index (χ3v) is 3.43. The zero-order chi connectivity index (χ0) is 19.1. The quantitative estimate of drug-likeness (QED) is 0.506. The summed E-state index contributed by atoms with van der Waals surface area (Å²) in [6, 6.07) is 3.03. The van der Waals surface area contributed by atoms with Gasteiger partial charge in [-0.3, -0.25) is 0 Å². The van der Waals surface area contributed by atoms with Gasteiger partial charge >= 0.3 is 0 Å². The summed E-state index contributed by atoms with van der Waals surface area (Å²) >= 11 is 0. The van der Waals surface area contributed by atoms with E-state index in [1.807, 2.05) is 26.0 Å². The minimum atomic E-state index is -0.653. The molecule has 0 aliphatic carbocycles. The van der Waals surface area contributed by atoms with Gasteiger partial charge in [0.25, 0.3) is 5.89 Å². The second-order valence-corrected chi connectivity index (χ2v) is 5.18. The molecule has 1 heterocycles. The van der Waals surface area contributed by atoms with Crippen LogP contribution in [0.4, 0.5) is 8.78 Å². The maximum atomic E-state index is 13.9. The van der Waals surface area contributed by atoms with Crippen molar-refractivity contribution in [1.82, 2.24) is 10.1 Å². The molecule has 2 rings (SSSR count). The van der Waals surface area contributed by atoms with Crippen molar-refractivity contribution in [3.63, 3.8) is 0 Å².